The van der Waals surface area contributed by atoms with Gasteiger partial charge in [0.25, 0.3) is 5.56 Å². The van der Waals surface area contributed by atoms with Gasteiger partial charge >= 0.3 is 5.97 Å². The minimum atomic E-state index is -1.09. The second kappa shape index (κ2) is 6.95. The zero-order chi connectivity index (χ0) is 17.0. The number of carboxylic acid groups (broad SMARTS) is 1. The van der Waals surface area contributed by atoms with Crippen molar-refractivity contribution in [2.75, 3.05) is 13.7 Å². The molecule has 122 valence electrons. The Morgan fingerprint density at radius 3 is 2.65 bits per heavy atom. The van der Waals surface area contributed by atoms with Crippen LogP contribution in [0.4, 0.5) is 0 Å². The molecule has 7 nitrogen and oxygen atoms in total. The summed E-state index contributed by atoms with van der Waals surface area (Å²) in [4.78, 5) is 35.2. The monoisotopic (exact) mass is 318 g/mol. The first kappa shape index (κ1) is 16.5. The lowest BCUT2D eigenvalue weighted by Crippen LogP contribution is -2.32. The van der Waals surface area contributed by atoms with Gasteiger partial charge in [0.2, 0.25) is 5.91 Å². The highest BCUT2D eigenvalue weighted by Gasteiger charge is 2.15. The lowest BCUT2D eigenvalue weighted by Gasteiger charge is -2.14. The van der Waals surface area contributed by atoms with Crippen LogP contribution in [-0.4, -0.2) is 35.2 Å². The van der Waals surface area contributed by atoms with E-state index in [4.69, 9.17) is 9.84 Å². The van der Waals surface area contributed by atoms with Crippen molar-refractivity contribution in [3.05, 3.63) is 40.2 Å². The number of hydrogen-bond acceptors (Lipinski definition) is 4. The van der Waals surface area contributed by atoms with Gasteiger partial charge in [-0.15, -0.1) is 0 Å². The average Bonchev–Trinajstić information content (AvgIpc) is 2.54. The third kappa shape index (κ3) is 3.50. The number of nitrogens with zero attached hydrogens (tertiary/aromatic N) is 1. The number of fused-ring (bicyclic) bond motifs is 1. The summed E-state index contributed by atoms with van der Waals surface area (Å²) in [6.45, 7) is 2.30. The summed E-state index contributed by atoms with van der Waals surface area (Å²) >= 11 is 0. The van der Waals surface area contributed by atoms with E-state index in [-0.39, 0.29) is 29.3 Å². The molecule has 0 fully saturated rings. The number of aromatic carboxylic acids is 1. The molecule has 2 rings (SSSR count). The molecule has 1 heterocycles. The van der Waals surface area contributed by atoms with Gasteiger partial charge in [0, 0.05) is 18.0 Å². The van der Waals surface area contributed by atoms with E-state index in [0.717, 1.165) is 6.42 Å². The first-order chi connectivity index (χ1) is 11.0. The fourth-order valence-corrected chi connectivity index (χ4v) is 2.31. The number of aromatic nitrogens is 1. The smallest absolute Gasteiger partial charge is 0.335 e. The maximum atomic E-state index is 12.1. The number of nitrogens with one attached hydrogen (secondary N) is 1. The number of benzene rings is 1. The van der Waals surface area contributed by atoms with Gasteiger partial charge in [-0.3, -0.25) is 14.2 Å². The van der Waals surface area contributed by atoms with E-state index in [1.807, 2.05) is 6.92 Å². The second-order valence-electron chi connectivity index (χ2n) is 5.03. The molecule has 1 amide bonds. The fraction of sp³-hybridized carbons (Fsp3) is 0.312. The molecule has 0 bridgehead atoms. The van der Waals surface area contributed by atoms with Crippen molar-refractivity contribution in [2.45, 2.75) is 19.9 Å². The summed E-state index contributed by atoms with van der Waals surface area (Å²) in [5.41, 5.74) is 0.0946. The Morgan fingerprint density at radius 2 is 2.04 bits per heavy atom. The minimum absolute atomic E-state index is 0.0509. The first-order valence-electron chi connectivity index (χ1n) is 7.19. The van der Waals surface area contributed by atoms with Crippen LogP contribution in [-0.2, 0) is 11.3 Å². The Kier molecular flexibility index (Phi) is 5.00. The Balaban J connectivity index is 2.59. The van der Waals surface area contributed by atoms with Crippen LogP contribution in [0.15, 0.2) is 29.1 Å². The van der Waals surface area contributed by atoms with Crippen LogP contribution in [0, 0.1) is 0 Å². The molecule has 1 aromatic carbocycles. The van der Waals surface area contributed by atoms with E-state index < -0.39 is 5.97 Å². The molecular formula is C16H18N2O5. The SMILES string of the molecule is CCCNC(=O)Cn1c(=O)ccc2cc(C(=O)O)cc(OC)c21. The number of rotatable bonds is 6. The van der Waals surface area contributed by atoms with Crippen LogP contribution in [0.25, 0.3) is 10.9 Å². The standard InChI is InChI=1S/C16H18N2O5/c1-3-6-17-13(19)9-18-14(20)5-4-10-7-11(16(21)22)8-12(23-2)15(10)18/h4-5,7-8H,3,6,9H2,1-2H3,(H,17,19)(H,21,22). The van der Waals surface area contributed by atoms with Gasteiger partial charge < -0.3 is 15.2 Å². The van der Waals surface area contributed by atoms with E-state index in [1.165, 1.54) is 35.9 Å². The summed E-state index contributed by atoms with van der Waals surface area (Å²) in [7, 11) is 1.39. The quantitative estimate of drug-likeness (QED) is 0.835. The molecule has 0 aliphatic rings. The molecule has 2 aromatic rings. The number of carboxylic acids is 1. The number of carbonyl (C=O) groups is 2. The van der Waals surface area contributed by atoms with Crippen LogP contribution in [0.5, 0.6) is 5.75 Å². The van der Waals surface area contributed by atoms with E-state index in [0.29, 0.717) is 17.4 Å². The summed E-state index contributed by atoms with van der Waals surface area (Å²) in [5.74, 6) is -1.14. The molecule has 0 aliphatic heterocycles. The average molecular weight is 318 g/mol. The number of carbonyl (C=O) groups excluding carboxylic acids is 1. The molecule has 1 aromatic heterocycles. The first-order valence-corrected chi connectivity index (χ1v) is 7.19. The topological polar surface area (TPSA) is 97.6 Å². The zero-order valence-electron chi connectivity index (χ0n) is 13.0. The molecule has 0 saturated heterocycles. The Bertz CT molecular complexity index is 810. The number of pyridine rings is 1. The largest absolute Gasteiger partial charge is 0.495 e. The summed E-state index contributed by atoms with van der Waals surface area (Å²) in [6, 6.07) is 5.61. The number of hydrogen-bond donors (Lipinski definition) is 2. The molecule has 0 spiro atoms. The van der Waals surface area contributed by atoms with Gasteiger partial charge in [0.15, 0.2) is 0 Å². The Hall–Kier alpha value is -2.83. The molecule has 0 unspecified atom stereocenters. The van der Waals surface area contributed by atoms with E-state index in [1.54, 1.807) is 0 Å². The van der Waals surface area contributed by atoms with Crippen LogP contribution in [0.2, 0.25) is 0 Å². The maximum absolute atomic E-state index is 12.1. The second-order valence-corrected chi connectivity index (χ2v) is 5.03. The van der Waals surface area contributed by atoms with Crippen LogP contribution in [0.1, 0.15) is 23.7 Å². The number of amides is 1. The van der Waals surface area contributed by atoms with E-state index in [2.05, 4.69) is 5.32 Å². The predicted molar refractivity (Wildman–Crippen MR) is 85.0 cm³/mol. The lowest BCUT2D eigenvalue weighted by molar-refractivity contribution is -0.121. The number of methoxy groups -OCH3 is 1. The molecule has 0 atom stereocenters. The predicted octanol–water partition coefficient (Wildman–Crippen LogP) is 1.23. The van der Waals surface area contributed by atoms with Crippen molar-refractivity contribution in [3.63, 3.8) is 0 Å². The molecule has 0 radical (unpaired) electrons. The molecule has 2 N–H and O–H groups in total. The van der Waals surface area contributed by atoms with Gasteiger partial charge in [0.1, 0.15) is 12.3 Å². The van der Waals surface area contributed by atoms with Gasteiger partial charge in [-0.1, -0.05) is 6.92 Å². The van der Waals surface area contributed by atoms with Crippen molar-refractivity contribution < 1.29 is 19.4 Å². The van der Waals surface area contributed by atoms with E-state index >= 15 is 0 Å². The highest BCUT2D eigenvalue weighted by atomic mass is 16.5. The summed E-state index contributed by atoms with van der Waals surface area (Å²) in [5, 5.41) is 12.4. The zero-order valence-corrected chi connectivity index (χ0v) is 13.0. The molecule has 7 heteroatoms. The lowest BCUT2D eigenvalue weighted by atomic mass is 10.1. The highest BCUT2D eigenvalue weighted by Crippen LogP contribution is 2.26. The van der Waals surface area contributed by atoms with Crippen molar-refractivity contribution in [3.8, 4) is 5.75 Å². The summed E-state index contributed by atoms with van der Waals surface area (Å²) in [6.07, 6.45) is 0.793. The van der Waals surface area contributed by atoms with Crippen LogP contribution >= 0.6 is 0 Å². The molecule has 0 saturated carbocycles. The minimum Gasteiger partial charge on any atom is -0.495 e. The molecular weight excluding hydrogens is 300 g/mol. The van der Waals surface area contributed by atoms with E-state index in [9.17, 15) is 14.4 Å². The van der Waals surface area contributed by atoms with Crippen molar-refractivity contribution in [2.24, 2.45) is 0 Å². The van der Waals surface area contributed by atoms with Crippen LogP contribution < -0.4 is 15.6 Å². The van der Waals surface area contributed by atoms with Crippen molar-refractivity contribution >= 4 is 22.8 Å². The summed E-state index contributed by atoms with van der Waals surface area (Å²) < 4.78 is 6.50. The van der Waals surface area contributed by atoms with Crippen LogP contribution in [0.3, 0.4) is 0 Å². The van der Waals surface area contributed by atoms with Gasteiger partial charge in [-0.05, 0) is 24.6 Å². The Morgan fingerprint density at radius 1 is 1.30 bits per heavy atom. The normalized spacial score (nSPS) is 10.5. The molecule has 23 heavy (non-hydrogen) atoms. The molecule has 0 aliphatic carbocycles. The fourth-order valence-electron chi connectivity index (χ4n) is 2.31. The highest BCUT2D eigenvalue weighted by molar-refractivity contribution is 5.96. The maximum Gasteiger partial charge on any atom is 0.335 e. The van der Waals surface area contributed by atoms with Gasteiger partial charge in [0.05, 0.1) is 18.2 Å². The number of ether oxygens (including phenoxy) is 1. The van der Waals surface area contributed by atoms with Crippen molar-refractivity contribution in [1.29, 1.82) is 0 Å². The third-order valence-corrected chi connectivity index (χ3v) is 3.39. The Labute approximate surface area is 132 Å². The van der Waals surface area contributed by atoms with Gasteiger partial charge in [-0.2, -0.15) is 0 Å². The van der Waals surface area contributed by atoms with Crippen molar-refractivity contribution in [1.82, 2.24) is 9.88 Å². The third-order valence-electron chi connectivity index (χ3n) is 3.39. The van der Waals surface area contributed by atoms with Gasteiger partial charge in [-0.25, -0.2) is 4.79 Å².